The van der Waals surface area contributed by atoms with E-state index in [1.165, 1.54) is 11.8 Å². The van der Waals surface area contributed by atoms with Crippen LogP contribution in [0.5, 0.6) is 5.75 Å². The van der Waals surface area contributed by atoms with Crippen molar-refractivity contribution in [1.82, 2.24) is 19.7 Å². The lowest BCUT2D eigenvalue weighted by Gasteiger charge is -2.14. The number of carbonyl (C=O) groups is 2. The van der Waals surface area contributed by atoms with E-state index in [9.17, 15) is 14.7 Å². The van der Waals surface area contributed by atoms with Gasteiger partial charge in [0, 0.05) is 12.2 Å². The average Bonchev–Trinajstić information content (AvgIpc) is 3.54. The molecule has 3 aromatic rings. The second-order valence-electron chi connectivity index (χ2n) is 7.59. The number of nitrogens with one attached hydrogen (secondary N) is 1. The van der Waals surface area contributed by atoms with Gasteiger partial charge >= 0.3 is 5.97 Å². The van der Waals surface area contributed by atoms with Crippen LogP contribution in [-0.2, 0) is 20.8 Å². The molecule has 1 aromatic carbocycles. The first-order chi connectivity index (χ1) is 16.4. The van der Waals surface area contributed by atoms with Gasteiger partial charge in [-0.15, -0.1) is 10.2 Å². The van der Waals surface area contributed by atoms with Crippen molar-refractivity contribution in [3.63, 3.8) is 0 Å². The number of ether oxygens (including phenoxy) is 2. The Kier molecular flexibility index (Phi) is 7.80. The van der Waals surface area contributed by atoms with E-state index in [-0.39, 0.29) is 30.1 Å². The third kappa shape index (κ3) is 5.75. The number of thiazole rings is 1. The van der Waals surface area contributed by atoms with Crippen LogP contribution in [-0.4, -0.2) is 61.8 Å². The molecule has 3 heterocycles. The lowest BCUT2D eigenvalue weighted by atomic mass is 10.2. The first kappa shape index (κ1) is 24.2. The molecule has 0 spiro atoms. The number of hydrogen-bond donors (Lipinski definition) is 2. The normalized spacial score (nSPS) is 15.4. The van der Waals surface area contributed by atoms with Gasteiger partial charge in [0.2, 0.25) is 5.91 Å². The van der Waals surface area contributed by atoms with Crippen LogP contribution in [0, 0.1) is 6.92 Å². The summed E-state index contributed by atoms with van der Waals surface area (Å²) >= 11 is 2.35. The smallest absolute Gasteiger partial charge is 0.350 e. The first-order valence-corrected chi connectivity index (χ1v) is 12.7. The quantitative estimate of drug-likeness (QED) is 0.333. The molecule has 1 unspecified atom stereocenters. The maximum atomic E-state index is 12.6. The molecule has 2 aromatic heterocycles. The van der Waals surface area contributed by atoms with Gasteiger partial charge in [0.25, 0.3) is 0 Å². The van der Waals surface area contributed by atoms with Gasteiger partial charge in [-0.2, -0.15) is 0 Å². The van der Waals surface area contributed by atoms with E-state index in [1.54, 1.807) is 38.1 Å². The standard InChI is InChI=1S/C22H25N5O5S2/c1-3-31-20(30)18-13(2)23-21(34-18)24-17(29)12-33-22-26-25-19(14-6-8-15(28)9-7-14)27(22)11-16-5-4-10-32-16/h6-9,16,28H,3-5,10-12H2,1-2H3,(H,23,24,29). The van der Waals surface area contributed by atoms with Crippen LogP contribution in [0.2, 0.25) is 0 Å². The van der Waals surface area contributed by atoms with E-state index in [4.69, 9.17) is 9.47 Å². The summed E-state index contributed by atoms with van der Waals surface area (Å²) in [6.45, 7) is 5.01. The number of rotatable bonds is 9. The summed E-state index contributed by atoms with van der Waals surface area (Å²) in [6.07, 6.45) is 2.01. The number of amides is 1. The summed E-state index contributed by atoms with van der Waals surface area (Å²) in [6, 6.07) is 6.75. The highest BCUT2D eigenvalue weighted by Gasteiger charge is 2.23. The van der Waals surface area contributed by atoms with Gasteiger partial charge in [0.1, 0.15) is 10.6 Å². The Labute approximate surface area is 204 Å². The molecule has 1 amide bonds. The molecule has 2 N–H and O–H groups in total. The largest absolute Gasteiger partial charge is 0.508 e. The summed E-state index contributed by atoms with van der Waals surface area (Å²) < 4.78 is 12.8. The molecule has 1 atom stereocenters. The molecule has 1 fully saturated rings. The first-order valence-electron chi connectivity index (χ1n) is 10.9. The third-order valence-electron chi connectivity index (χ3n) is 5.09. The Bertz CT molecular complexity index is 1160. The molecule has 12 heteroatoms. The Morgan fingerprint density at radius 2 is 2.12 bits per heavy atom. The number of aromatic hydroxyl groups is 1. The van der Waals surface area contributed by atoms with Gasteiger partial charge < -0.3 is 19.9 Å². The van der Waals surface area contributed by atoms with E-state index < -0.39 is 5.97 Å². The van der Waals surface area contributed by atoms with Crippen molar-refractivity contribution in [2.45, 2.75) is 44.5 Å². The number of benzene rings is 1. The predicted molar refractivity (Wildman–Crippen MR) is 128 cm³/mol. The van der Waals surface area contributed by atoms with Crippen molar-refractivity contribution in [2.75, 3.05) is 24.3 Å². The number of esters is 1. The number of nitrogens with zero attached hydrogens (tertiary/aromatic N) is 4. The number of carbonyl (C=O) groups excluding carboxylic acids is 2. The number of thioether (sulfide) groups is 1. The molecule has 4 rings (SSSR count). The van der Waals surface area contributed by atoms with Crippen LogP contribution < -0.4 is 5.32 Å². The Morgan fingerprint density at radius 3 is 2.82 bits per heavy atom. The summed E-state index contributed by atoms with van der Waals surface area (Å²) in [5.41, 5.74) is 1.32. The maximum Gasteiger partial charge on any atom is 0.350 e. The Hall–Kier alpha value is -2.96. The van der Waals surface area contributed by atoms with Crippen molar-refractivity contribution in [2.24, 2.45) is 0 Å². The minimum atomic E-state index is -0.448. The zero-order valence-corrected chi connectivity index (χ0v) is 20.4. The fourth-order valence-electron chi connectivity index (χ4n) is 3.50. The van der Waals surface area contributed by atoms with Crippen LogP contribution in [0.4, 0.5) is 5.13 Å². The summed E-state index contributed by atoms with van der Waals surface area (Å²) in [5, 5.41) is 21.9. The number of phenolic OH excluding ortho intramolecular Hbond substituents is 1. The van der Waals surface area contributed by atoms with Gasteiger partial charge in [0.05, 0.1) is 30.7 Å². The molecule has 180 valence electrons. The van der Waals surface area contributed by atoms with E-state index in [0.29, 0.717) is 33.2 Å². The molecule has 1 saturated heterocycles. The van der Waals surface area contributed by atoms with Gasteiger partial charge in [-0.3, -0.25) is 9.36 Å². The van der Waals surface area contributed by atoms with Crippen LogP contribution in [0.15, 0.2) is 29.4 Å². The van der Waals surface area contributed by atoms with Crippen molar-refractivity contribution < 1.29 is 24.2 Å². The van der Waals surface area contributed by atoms with Crippen LogP contribution in [0.25, 0.3) is 11.4 Å². The van der Waals surface area contributed by atoms with Crippen molar-refractivity contribution in [3.8, 4) is 17.1 Å². The number of phenols is 1. The van der Waals surface area contributed by atoms with Crippen molar-refractivity contribution in [1.29, 1.82) is 0 Å². The van der Waals surface area contributed by atoms with Crippen LogP contribution in [0.3, 0.4) is 0 Å². The molecular formula is C22H25N5O5S2. The minimum absolute atomic E-state index is 0.0552. The molecular weight excluding hydrogens is 478 g/mol. The van der Waals surface area contributed by atoms with Gasteiger partial charge in [0.15, 0.2) is 16.1 Å². The summed E-state index contributed by atoms with van der Waals surface area (Å²) in [7, 11) is 0. The molecule has 0 saturated carbocycles. The number of aromatic nitrogens is 4. The zero-order valence-electron chi connectivity index (χ0n) is 18.8. The highest BCUT2D eigenvalue weighted by molar-refractivity contribution is 7.99. The van der Waals surface area contributed by atoms with E-state index >= 15 is 0 Å². The average molecular weight is 504 g/mol. The summed E-state index contributed by atoms with van der Waals surface area (Å²) in [5.74, 6) is 0.187. The molecule has 34 heavy (non-hydrogen) atoms. The monoisotopic (exact) mass is 503 g/mol. The molecule has 1 aliphatic rings. The molecule has 1 aliphatic heterocycles. The number of aryl methyl sites for hydroxylation is 1. The van der Waals surface area contributed by atoms with Gasteiger partial charge in [-0.1, -0.05) is 23.1 Å². The third-order valence-corrected chi connectivity index (χ3v) is 7.11. The number of hydrogen-bond acceptors (Lipinski definition) is 10. The van der Waals surface area contributed by atoms with Crippen LogP contribution >= 0.6 is 23.1 Å². The van der Waals surface area contributed by atoms with E-state index in [2.05, 4.69) is 20.5 Å². The SMILES string of the molecule is CCOC(=O)c1sc(NC(=O)CSc2nnc(-c3ccc(O)cc3)n2CC2CCCO2)nc1C. The highest BCUT2D eigenvalue weighted by Crippen LogP contribution is 2.28. The van der Waals surface area contributed by atoms with Gasteiger partial charge in [-0.05, 0) is 51.0 Å². The Morgan fingerprint density at radius 1 is 1.32 bits per heavy atom. The highest BCUT2D eigenvalue weighted by atomic mass is 32.2. The fourth-order valence-corrected chi connectivity index (χ4v) is 5.12. The number of anilines is 1. The topological polar surface area (TPSA) is 128 Å². The van der Waals surface area contributed by atoms with E-state index in [1.807, 2.05) is 4.57 Å². The molecule has 0 radical (unpaired) electrons. The predicted octanol–water partition coefficient (Wildman–Crippen LogP) is 3.50. The second-order valence-corrected chi connectivity index (χ2v) is 9.53. The second kappa shape index (κ2) is 11.0. The maximum absolute atomic E-state index is 12.6. The lowest BCUT2D eigenvalue weighted by molar-refractivity contribution is -0.113. The van der Waals surface area contributed by atoms with E-state index in [0.717, 1.165) is 36.3 Å². The van der Waals surface area contributed by atoms with Crippen molar-refractivity contribution >= 4 is 40.1 Å². The molecule has 10 nitrogen and oxygen atoms in total. The molecule has 0 aliphatic carbocycles. The lowest BCUT2D eigenvalue weighted by Crippen LogP contribution is -2.18. The minimum Gasteiger partial charge on any atom is -0.508 e. The Balaban J connectivity index is 1.45. The zero-order chi connectivity index (χ0) is 24.1. The summed E-state index contributed by atoms with van der Waals surface area (Å²) in [4.78, 5) is 29.2. The molecule has 0 bridgehead atoms. The van der Waals surface area contributed by atoms with Gasteiger partial charge in [-0.25, -0.2) is 9.78 Å². The van der Waals surface area contributed by atoms with Crippen LogP contribution in [0.1, 0.15) is 35.1 Å². The van der Waals surface area contributed by atoms with Crippen molar-refractivity contribution in [3.05, 3.63) is 34.8 Å². The fraction of sp³-hybridized carbons (Fsp3) is 0.409.